The van der Waals surface area contributed by atoms with E-state index in [-0.39, 0.29) is 11.2 Å². The van der Waals surface area contributed by atoms with Crippen molar-refractivity contribution in [1.82, 2.24) is 0 Å². The molecule has 1 aromatic heterocycles. The van der Waals surface area contributed by atoms with Crippen LogP contribution in [-0.2, 0) is 17.6 Å². The standard InChI is InChI=1S/C30H32N4O3S/c1-30(2)13-19-25(20(35)14-30)23(17-10-8-11-21(36-3)26(17)37-4)18(15-31)28-33-27(32)24-16-9-6-5-7-12-22(16)38-29(24)34(19)28/h8,10-11,23H,5-7,9,12-14H2,1-4H3,(H2,32,33). The number of para-hydroxylation sites is 1. The third kappa shape index (κ3) is 3.59. The molecule has 0 amide bonds. The molecule has 6 rings (SSSR count). The van der Waals surface area contributed by atoms with Crippen LogP contribution in [0.15, 0.2) is 45.9 Å². The van der Waals surface area contributed by atoms with E-state index in [4.69, 9.17) is 20.2 Å². The molecule has 2 N–H and O–H groups in total. The molecule has 0 saturated heterocycles. The Kier molecular flexibility index (Phi) is 5.88. The molecule has 3 heterocycles. The molecule has 0 saturated carbocycles. The number of carbonyl (C=O) groups excluding carboxylic acids is 1. The number of amidine groups is 1. The summed E-state index contributed by atoms with van der Waals surface area (Å²) >= 11 is 1.75. The Morgan fingerprint density at radius 1 is 1.16 bits per heavy atom. The summed E-state index contributed by atoms with van der Waals surface area (Å²) in [5.41, 5.74) is 11.4. The maximum atomic E-state index is 14.0. The van der Waals surface area contributed by atoms with Crippen molar-refractivity contribution in [3.05, 3.63) is 62.4 Å². The normalized spacial score (nSPS) is 22.0. The number of anilines is 1. The number of aliphatic imine (C=N–C) groups is 1. The lowest BCUT2D eigenvalue weighted by atomic mass is 9.68. The number of hydrogen-bond acceptors (Lipinski definition) is 8. The lowest BCUT2D eigenvalue weighted by molar-refractivity contribution is -0.118. The second kappa shape index (κ2) is 9.02. The smallest absolute Gasteiger partial charge is 0.164 e. The number of ketones is 1. The average Bonchev–Trinajstić information content (AvgIpc) is 3.09. The van der Waals surface area contributed by atoms with Gasteiger partial charge in [0, 0.05) is 28.1 Å². The quantitative estimate of drug-likeness (QED) is 0.510. The summed E-state index contributed by atoms with van der Waals surface area (Å²) < 4.78 is 11.4. The van der Waals surface area contributed by atoms with Crippen molar-refractivity contribution in [3.63, 3.8) is 0 Å². The highest BCUT2D eigenvalue weighted by Crippen LogP contribution is 2.56. The molecular weight excluding hydrogens is 496 g/mol. The van der Waals surface area contributed by atoms with Crippen LogP contribution >= 0.6 is 11.3 Å². The van der Waals surface area contributed by atoms with E-state index in [9.17, 15) is 10.1 Å². The van der Waals surface area contributed by atoms with Gasteiger partial charge in [0.25, 0.3) is 0 Å². The van der Waals surface area contributed by atoms with Crippen LogP contribution in [0.4, 0.5) is 5.00 Å². The maximum absolute atomic E-state index is 14.0. The predicted octanol–water partition coefficient (Wildman–Crippen LogP) is 5.74. The highest BCUT2D eigenvalue weighted by Gasteiger charge is 2.48. The van der Waals surface area contributed by atoms with Gasteiger partial charge < -0.3 is 15.2 Å². The molecule has 38 heavy (non-hydrogen) atoms. The lowest BCUT2D eigenvalue weighted by Crippen LogP contribution is -2.42. The Hall–Kier alpha value is -3.57. The zero-order valence-corrected chi connectivity index (χ0v) is 23.1. The van der Waals surface area contributed by atoms with E-state index in [1.807, 2.05) is 18.2 Å². The van der Waals surface area contributed by atoms with Gasteiger partial charge in [0.2, 0.25) is 0 Å². The number of rotatable bonds is 3. The van der Waals surface area contributed by atoms with Crippen LogP contribution < -0.4 is 20.1 Å². The molecule has 0 fully saturated rings. The van der Waals surface area contributed by atoms with Crippen molar-refractivity contribution in [2.24, 2.45) is 16.1 Å². The number of nitrogens with zero attached hydrogens (tertiary/aromatic N) is 3. The maximum Gasteiger partial charge on any atom is 0.164 e. The molecule has 7 nitrogen and oxygen atoms in total. The molecule has 1 atom stereocenters. The summed E-state index contributed by atoms with van der Waals surface area (Å²) in [4.78, 5) is 22.4. The second-order valence-electron chi connectivity index (χ2n) is 11.2. The van der Waals surface area contributed by atoms with Crippen LogP contribution in [-0.4, -0.2) is 25.8 Å². The fourth-order valence-electron chi connectivity index (χ4n) is 6.56. The van der Waals surface area contributed by atoms with Gasteiger partial charge in [-0.1, -0.05) is 32.4 Å². The second-order valence-corrected chi connectivity index (χ2v) is 12.3. The monoisotopic (exact) mass is 528 g/mol. The van der Waals surface area contributed by atoms with E-state index in [2.05, 4.69) is 24.8 Å². The van der Waals surface area contributed by atoms with E-state index in [0.717, 1.165) is 47.5 Å². The van der Waals surface area contributed by atoms with Crippen molar-refractivity contribution in [1.29, 1.82) is 5.26 Å². The topological polar surface area (TPSA) is 101 Å². The fraction of sp³-hybridized carbons (Fsp3) is 0.433. The largest absolute Gasteiger partial charge is 0.493 e. The summed E-state index contributed by atoms with van der Waals surface area (Å²) in [6, 6.07) is 8.03. The molecule has 2 aliphatic heterocycles. The van der Waals surface area contributed by atoms with Crippen LogP contribution in [0.1, 0.15) is 73.4 Å². The van der Waals surface area contributed by atoms with E-state index in [1.165, 1.54) is 16.9 Å². The molecule has 2 aliphatic carbocycles. The predicted molar refractivity (Wildman–Crippen MR) is 149 cm³/mol. The Bertz CT molecular complexity index is 1500. The first-order chi connectivity index (χ1) is 18.3. The number of aryl methyl sites for hydroxylation is 1. The van der Waals surface area contributed by atoms with Crippen molar-refractivity contribution in [2.45, 2.75) is 64.7 Å². The molecule has 196 valence electrons. The number of nitrogens with two attached hydrogens (primary N) is 1. The third-order valence-corrected chi connectivity index (χ3v) is 9.43. The minimum atomic E-state index is -0.620. The Labute approximate surface area is 227 Å². The van der Waals surface area contributed by atoms with Crippen LogP contribution in [0.25, 0.3) is 0 Å². The number of hydrogen-bond donors (Lipinski definition) is 1. The van der Waals surface area contributed by atoms with Crippen LogP contribution in [0.2, 0.25) is 0 Å². The molecule has 1 aromatic carbocycles. The van der Waals surface area contributed by atoms with Crippen LogP contribution in [0, 0.1) is 16.7 Å². The highest BCUT2D eigenvalue weighted by molar-refractivity contribution is 7.17. The van der Waals surface area contributed by atoms with Crippen LogP contribution in [0.5, 0.6) is 11.5 Å². The summed E-state index contributed by atoms with van der Waals surface area (Å²) in [7, 11) is 3.17. The zero-order valence-electron chi connectivity index (χ0n) is 22.3. The Morgan fingerprint density at radius 2 is 1.95 bits per heavy atom. The van der Waals surface area contributed by atoms with Gasteiger partial charge >= 0.3 is 0 Å². The Morgan fingerprint density at radius 3 is 2.68 bits per heavy atom. The molecular formula is C30H32N4O3S. The molecule has 0 spiro atoms. The molecule has 2 aromatic rings. The number of benzene rings is 1. The van der Waals surface area contributed by atoms with Gasteiger partial charge in [0.15, 0.2) is 23.1 Å². The van der Waals surface area contributed by atoms with E-state index < -0.39 is 5.92 Å². The zero-order chi connectivity index (χ0) is 26.8. The first-order valence-corrected chi connectivity index (χ1v) is 14.0. The number of methoxy groups -OCH3 is 2. The van der Waals surface area contributed by atoms with E-state index >= 15 is 0 Å². The van der Waals surface area contributed by atoms with Gasteiger partial charge in [-0.25, -0.2) is 4.99 Å². The van der Waals surface area contributed by atoms with E-state index in [0.29, 0.717) is 47.1 Å². The fourth-order valence-corrected chi connectivity index (χ4v) is 7.99. The third-order valence-electron chi connectivity index (χ3n) is 8.15. The number of thiophene rings is 1. The minimum Gasteiger partial charge on any atom is -0.493 e. The van der Waals surface area contributed by atoms with Gasteiger partial charge in [-0.3, -0.25) is 9.69 Å². The van der Waals surface area contributed by atoms with Crippen molar-refractivity contribution in [3.8, 4) is 17.6 Å². The van der Waals surface area contributed by atoms with E-state index in [1.54, 1.807) is 25.6 Å². The molecule has 0 bridgehead atoms. The molecule has 8 heteroatoms. The van der Waals surface area contributed by atoms with Crippen molar-refractivity contribution < 1.29 is 14.3 Å². The number of ether oxygens (including phenoxy) is 2. The van der Waals surface area contributed by atoms with Gasteiger partial charge in [0.1, 0.15) is 10.8 Å². The van der Waals surface area contributed by atoms with Crippen LogP contribution in [0.3, 0.4) is 0 Å². The lowest BCUT2D eigenvalue weighted by Gasteiger charge is -2.44. The number of nitriles is 1. The summed E-state index contributed by atoms with van der Waals surface area (Å²) in [6.45, 7) is 4.26. The Balaban J connectivity index is 1.66. The first kappa shape index (κ1) is 24.7. The molecule has 0 radical (unpaired) electrons. The SMILES string of the molecule is COc1cccc(C2C(C#N)=C3N=C(N)c4c(sc5c4CCCCC5)N3C3=C2C(=O)CC(C)(C)C3)c1OC. The van der Waals surface area contributed by atoms with Gasteiger partial charge in [-0.2, -0.15) is 5.26 Å². The molecule has 1 unspecified atom stereocenters. The average molecular weight is 529 g/mol. The number of Topliss-reactive ketones (excluding diaryl/α,β-unsaturated/α-hetero) is 1. The number of fused-ring (bicyclic) bond motifs is 6. The number of carbonyl (C=O) groups is 1. The van der Waals surface area contributed by atoms with Gasteiger partial charge in [0.05, 0.1) is 37.3 Å². The minimum absolute atomic E-state index is 0.0557. The summed E-state index contributed by atoms with van der Waals surface area (Å²) in [5, 5.41) is 11.6. The van der Waals surface area contributed by atoms with Gasteiger partial charge in [-0.15, -0.1) is 11.3 Å². The molecule has 4 aliphatic rings. The van der Waals surface area contributed by atoms with Crippen molar-refractivity contribution in [2.75, 3.05) is 19.1 Å². The summed E-state index contributed by atoms with van der Waals surface area (Å²) in [6.07, 6.45) is 6.61. The summed E-state index contributed by atoms with van der Waals surface area (Å²) in [5.74, 6) is 1.48. The first-order valence-electron chi connectivity index (χ1n) is 13.2. The van der Waals surface area contributed by atoms with Crippen molar-refractivity contribution >= 4 is 28.0 Å². The van der Waals surface area contributed by atoms with Gasteiger partial charge in [-0.05, 0) is 49.1 Å². The highest BCUT2D eigenvalue weighted by atomic mass is 32.1. The number of allylic oxidation sites excluding steroid dienone is 3.